The average Bonchev–Trinajstić information content (AvgIpc) is 2.46. The molecular weight excluding hydrogens is 268 g/mol. The molecule has 0 saturated carbocycles. The summed E-state index contributed by atoms with van der Waals surface area (Å²) in [6, 6.07) is 10.2. The van der Waals surface area contributed by atoms with Crippen LogP contribution in [0.5, 0.6) is 5.75 Å². The van der Waals surface area contributed by atoms with Gasteiger partial charge in [-0.2, -0.15) is 0 Å². The quantitative estimate of drug-likeness (QED) is 0.804. The molecule has 5 nitrogen and oxygen atoms in total. The van der Waals surface area contributed by atoms with Gasteiger partial charge in [0.15, 0.2) is 10.8 Å². The van der Waals surface area contributed by atoms with E-state index < -0.39 is 5.97 Å². The highest BCUT2D eigenvalue weighted by atomic mass is 35.5. The van der Waals surface area contributed by atoms with Crippen molar-refractivity contribution in [1.82, 2.24) is 10.2 Å². The maximum absolute atomic E-state index is 11.7. The average molecular weight is 279 g/mol. The Morgan fingerprint density at radius 3 is 2.79 bits per heavy atom. The highest BCUT2D eigenvalue weighted by Gasteiger charge is 2.09. The van der Waals surface area contributed by atoms with E-state index >= 15 is 0 Å². The topological polar surface area (TPSA) is 61.3 Å². The lowest BCUT2D eigenvalue weighted by molar-refractivity contribution is 0.0464. The fraction of sp³-hybridized carbons (Fsp3) is 0.154. The predicted molar refractivity (Wildman–Crippen MR) is 69.2 cm³/mol. The zero-order valence-electron chi connectivity index (χ0n) is 10.2. The molecule has 0 aliphatic heterocycles. The summed E-state index contributed by atoms with van der Waals surface area (Å²) in [4.78, 5) is 11.7. The fourth-order valence-corrected chi connectivity index (χ4v) is 1.51. The molecule has 6 heteroatoms. The lowest BCUT2D eigenvalue weighted by atomic mass is 10.2. The number of aromatic nitrogens is 2. The Hall–Kier alpha value is -2.14. The summed E-state index contributed by atoms with van der Waals surface area (Å²) >= 11 is 5.58. The molecule has 0 spiro atoms. The van der Waals surface area contributed by atoms with E-state index in [9.17, 15) is 4.79 Å². The molecule has 0 saturated heterocycles. The second kappa shape index (κ2) is 6.15. The van der Waals surface area contributed by atoms with E-state index in [0.717, 1.165) is 5.56 Å². The largest absolute Gasteiger partial charge is 0.497 e. The number of rotatable bonds is 4. The van der Waals surface area contributed by atoms with Crippen molar-refractivity contribution in [3.63, 3.8) is 0 Å². The third kappa shape index (κ3) is 3.66. The van der Waals surface area contributed by atoms with E-state index in [2.05, 4.69) is 10.2 Å². The van der Waals surface area contributed by atoms with Crippen LogP contribution in [0.3, 0.4) is 0 Å². The fourth-order valence-electron chi connectivity index (χ4n) is 1.41. The highest BCUT2D eigenvalue weighted by Crippen LogP contribution is 2.14. The van der Waals surface area contributed by atoms with E-state index in [-0.39, 0.29) is 17.5 Å². The first-order valence-corrected chi connectivity index (χ1v) is 5.86. The predicted octanol–water partition coefficient (Wildman–Crippen LogP) is 2.50. The van der Waals surface area contributed by atoms with Crippen LogP contribution in [0.25, 0.3) is 0 Å². The third-order valence-corrected chi connectivity index (χ3v) is 2.55. The number of hydrogen-bond donors (Lipinski definition) is 0. The molecule has 0 fully saturated rings. The molecule has 1 aromatic heterocycles. The van der Waals surface area contributed by atoms with Crippen LogP contribution in [0.15, 0.2) is 36.4 Å². The van der Waals surface area contributed by atoms with E-state index in [0.29, 0.717) is 5.75 Å². The number of halogens is 1. The van der Waals surface area contributed by atoms with Gasteiger partial charge in [-0.15, -0.1) is 10.2 Å². The van der Waals surface area contributed by atoms with Crippen LogP contribution >= 0.6 is 11.6 Å². The van der Waals surface area contributed by atoms with Gasteiger partial charge in [0.05, 0.1) is 7.11 Å². The Morgan fingerprint density at radius 1 is 1.26 bits per heavy atom. The molecule has 0 amide bonds. The molecule has 1 heterocycles. The first kappa shape index (κ1) is 13.3. The van der Waals surface area contributed by atoms with Crippen LogP contribution < -0.4 is 4.74 Å². The number of benzene rings is 1. The van der Waals surface area contributed by atoms with Gasteiger partial charge >= 0.3 is 5.97 Å². The summed E-state index contributed by atoms with van der Waals surface area (Å²) in [5.74, 6) is 0.159. The van der Waals surface area contributed by atoms with Gasteiger partial charge in [-0.05, 0) is 29.8 Å². The number of ether oxygens (including phenoxy) is 2. The van der Waals surface area contributed by atoms with Crippen molar-refractivity contribution in [3.05, 3.63) is 52.8 Å². The van der Waals surface area contributed by atoms with Crippen molar-refractivity contribution in [2.45, 2.75) is 6.61 Å². The molecule has 98 valence electrons. The second-order valence-corrected chi connectivity index (χ2v) is 4.06. The molecule has 19 heavy (non-hydrogen) atoms. The van der Waals surface area contributed by atoms with E-state index in [4.69, 9.17) is 21.1 Å². The number of methoxy groups -OCH3 is 1. The van der Waals surface area contributed by atoms with Crippen LogP contribution in [-0.4, -0.2) is 23.3 Å². The zero-order valence-corrected chi connectivity index (χ0v) is 10.9. The van der Waals surface area contributed by atoms with Crippen molar-refractivity contribution < 1.29 is 14.3 Å². The summed E-state index contributed by atoms with van der Waals surface area (Å²) < 4.78 is 10.2. The van der Waals surface area contributed by atoms with E-state index in [1.54, 1.807) is 13.2 Å². The maximum Gasteiger partial charge on any atom is 0.359 e. The Labute approximate surface area is 115 Å². The maximum atomic E-state index is 11.7. The minimum absolute atomic E-state index is 0.118. The van der Waals surface area contributed by atoms with Gasteiger partial charge in [0.1, 0.15) is 12.4 Å². The SMILES string of the molecule is COc1cccc(COC(=O)c2ccc(Cl)nn2)c1. The highest BCUT2D eigenvalue weighted by molar-refractivity contribution is 6.29. The van der Waals surface area contributed by atoms with Crippen LogP contribution in [0.2, 0.25) is 5.15 Å². The number of nitrogens with zero attached hydrogens (tertiary/aromatic N) is 2. The molecule has 2 aromatic rings. The summed E-state index contributed by atoms with van der Waals surface area (Å²) in [7, 11) is 1.58. The lowest BCUT2D eigenvalue weighted by Gasteiger charge is -2.05. The van der Waals surface area contributed by atoms with Crippen LogP contribution in [-0.2, 0) is 11.3 Å². The van der Waals surface area contributed by atoms with Gasteiger partial charge in [0, 0.05) is 0 Å². The van der Waals surface area contributed by atoms with Gasteiger partial charge < -0.3 is 9.47 Å². The van der Waals surface area contributed by atoms with Crippen LogP contribution in [0.4, 0.5) is 0 Å². The Morgan fingerprint density at radius 2 is 2.11 bits per heavy atom. The molecule has 0 atom stereocenters. The second-order valence-electron chi connectivity index (χ2n) is 3.67. The number of esters is 1. The van der Waals surface area contributed by atoms with E-state index in [1.165, 1.54) is 12.1 Å². The molecule has 0 aliphatic carbocycles. The Balaban J connectivity index is 1.98. The van der Waals surface area contributed by atoms with Crippen molar-refractivity contribution in [3.8, 4) is 5.75 Å². The molecule has 0 N–H and O–H groups in total. The molecular formula is C13H11ClN2O3. The van der Waals surface area contributed by atoms with Crippen molar-refractivity contribution >= 4 is 17.6 Å². The first-order chi connectivity index (χ1) is 9.19. The monoisotopic (exact) mass is 278 g/mol. The Kier molecular flexibility index (Phi) is 4.30. The Bertz CT molecular complexity index is 572. The standard InChI is InChI=1S/C13H11ClN2O3/c1-18-10-4-2-3-9(7-10)8-19-13(17)11-5-6-12(14)16-15-11/h2-7H,8H2,1H3. The van der Waals surface area contributed by atoms with Crippen molar-refractivity contribution in [2.75, 3.05) is 7.11 Å². The smallest absolute Gasteiger partial charge is 0.359 e. The van der Waals surface area contributed by atoms with Crippen molar-refractivity contribution in [1.29, 1.82) is 0 Å². The van der Waals surface area contributed by atoms with Gasteiger partial charge in [0.25, 0.3) is 0 Å². The molecule has 0 bridgehead atoms. The lowest BCUT2D eigenvalue weighted by Crippen LogP contribution is -2.08. The number of carbonyl (C=O) groups excluding carboxylic acids is 1. The van der Waals surface area contributed by atoms with E-state index in [1.807, 2.05) is 18.2 Å². The van der Waals surface area contributed by atoms with Gasteiger partial charge in [0.2, 0.25) is 0 Å². The van der Waals surface area contributed by atoms with Gasteiger partial charge in [-0.3, -0.25) is 0 Å². The molecule has 0 unspecified atom stereocenters. The van der Waals surface area contributed by atoms with Crippen molar-refractivity contribution in [2.24, 2.45) is 0 Å². The minimum Gasteiger partial charge on any atom is -0.497 e. The first-order valence-electron chi connectivity index (χ1n) is 5.48. The minimum atomic E-state index is -0.549. The molecule has 1 aromatic carbocycles. The summed E-state index contributed by atoms with van der Waals surface area (Å²) in [6.07, 6.45) is 0. The summed E-state index contributed by atoms with van der Waals surface area (Å²) in [5, 5.41) is 7.45. The zero-order chi connectivity index (χ0) is 13.7. The van der Waals surface area contributed by atoms with Crippen LogP contribution in [0.1, 0.15) is 16.1 Å². The van der Waals surface area contributed by atoms with Crippen LogP contribution in [0, 0.1) is 0 Å². The molecule has 0 aliphatic rings. The molecule has 0 radical (unpaired) electrons. The third-order valence-electron chi connectivity index (χ3n) is 2.35. The summed E-state index contributed by atoms with van der Waals surface area (Å²) in [6.45, 7) is 0.139. The van der Waals surface area contributed by atoms with Gasteiger partial charge in [-0.25, -0.2) is 4.79 Å². The molecule has 2 rings (SSSR count). The number of carbonyl (C=O) groups is 1. The van der Waals surface area contributed by atoms with Gasteiger partial charge in [-0.1, -0.05) is 23.7 Å². The number of hydrogen-bond acceptors (Lipinski definition) is 5. The summed E-state index contributed by atoms with van der Waals surface area (Å²) in [5.41, 5.74) is 0.946. The normalized spacial score (nSPS) is 10.0.